The van der Waals surface area contributed by atoms with E-state index in [0.717, 1.165) is 26.1 Å². The Balaban J connectivity index is 1.88. The Labute approximate surface area is 117 Å². The van der Waals surface area contributed by atoms with Crippen molar-refractivity contribution in [3.63, 3.8) is 0 Å². The van der Waals surface area contributed by atoms with Crippen molar-refractivity contribution in [2.75, 3.05) is 26.2 Å². The summed E-state index contributed by atoms with van der Waals surface area (Å²) in [5, 5.41) is 3.69. The molecular weight excluding hydrogens is 234 g/mol. The summed E-state index contributed by atoms with van der Waals surface area (Å²) in [5.74, 6) is 0. The molecule has 3 nitrogen and oxygen atoms in total. The average molecular weight is 261 g/mol. The second-order valence-corrected chi connectivity index (χ2v) is 6.60. The highest BCUT2D eigenvalue weighted by Gasteiger charge is 2.27. The normalized spacial score (nSPS) is 22.2. The zero-order valence-electron chi connectivity index (χ0n) is 12.5. The molecule has 1 aliphatic rings. The van der Waals surface area contributed by atoms with Crippen molar-refractivity contribution >= 4 is 0 Å². The van der Waals surface area contributed by atoms with Crippen LogP contribution in [0.5, 0.6) is 0 Å². The third kappa shape index (κ3) is 4.59. The van der Waals surface area contributed by atoms with Crippen molar-refractivity contribution in [3.8, 4) is 0 Å². The average Bonchev–Trinajstić information content (AvgIpc) is 2.62. The van der Waals surface area contributed by atoms with Gasteiger partial charge < -0.3 is 10.2 Å². The van der Waals surface area contributed by atoms with Gasteiger partial charge in [0, 0.05) is 37.4 Å². The first kappa shape index (κ1) is 14.5. The fourth-order valence-electron chi connectivity index (χ4n) is 2.59. The van der Waals surface area contributed by atoms with E-state index < -0.39 is 0 Å². The number of aromatic nitrogens is 1. The lowest BCUT2D eigenvalue weighted by Crippen LogP contribution is -2.46. The third-order valence-electron chi connectivity index (χ3n) is 3.94. The predicted octanol–water partition coefficient (Wildman–Crippen LogP) is 2.33. The molecule has 106 valence electrons. The van der Waals surface area contributed by atoms with Gasteiger partial charge in [-0.1, -0.05) is 26.8 Å². The van der Waals surface area contributed by atoms with Crippen molar-refractivity contribution in [1.29, 1.82) is 0 Å². The van der Waals surface area contributed by atoms with Crippen LogP contribution in [0, 0.1) is 5.41 Å². The molecule has 0 aliphatic carbocycles. The molecule has 19 heavy (non-hydrogen) atoms. The van der Waals surface area contributed by atoms with E-state index in [1.807, 2.05) is 12.3 Å². The number of nitrogens with one attached hydrogen (secondary N) is 1. The first-order valence-corrected chi connectivity index (χ1v) is 7.41. The summed E-state index contributed by atoms with van der Waals surface area (Å²) in [5.41, 5.74) is 1.53. The van der Waals surface area contributed by atoms with Gasteiger partial charge in [0.2, 0.25) is 0 Å². The zero-order chi connectivity index (χ0) is 13.7. The van der Waals surface area contributed by atoms with Gasteiger partial charge in [-0.3, -0.25) is 4.98 Å². The fourth-order valence-corrected chi connectivity index (χ4v) is 2.59. The smallest absolute Gasteiger partial charge is 0.0416 e. The number of nitrogens with zero attached hydrogens (tertiary/aromatic N) is 2. The molecule has 0 amide bonds. The molecule has 1 N–H and O–H groups in total. The summed E-state index contributed by atoms with van der Waals surface area (Å²) in [6.45, 7) is 11.6. The van der Waals surface area contributed by atoms with Crippen LogP contribution in [0.2, 0.25) is 0 Å². The second kappa shape index (κ2) is 6.49. The van der Waals surface area contributed by atoms with Gasteiger partial charge in [-0.05, 0) is 37.1 Å². The van der Waals surface area contributed by atoms with Crippen LogP contribution in [-0.2, 0) is 6.42 Å². The first-order valence-electron chi connectivity index (χ1n) is 7.41. The summed E-state index contributed by atoms with van der Waals surface area (Å²) in [6.07, 6.45) is 4.18. The summed E-state index contributed by atoms with van der Waals surface area (Å²) >= 11 is 0. The maximum Gasteiger partial charge on any atom is 0.0416 e. The van der Waals surface area contributed by atoms with Gasteiger partial charge in [0.15, 0.2) is 0 Å². The maximum absolute atomic E-state index is 4.41. The summed E-state index contributed by atoms with van der Waals surface area (Å²) in [7, 11) is 0. The minimum Gasteiger partial charge on any atom is -0.312 e. The lowest BCUT2D eigenvalue weighted by molar-refractivity contribution is 0.198. The molecule has 1 aromatic heterocycles. The molecule has 0 spiro atoms. The Kier molecular flexibility index (Phi) is 4.94. The van der Waals surface area contributed by atoms with Gasteiger partial charge in [-0.25, -0.2) is 0 Å². The van der Waals surface area contributed by atoms with Crippen LogP contribution < -0.4 is 5.32 Å². The summed E-state index contributed by atoms with van der Waals surface area (Å²) in [6, 6.07) is 6.76. The predicted molar refractivity (Wildman–Crippen MR) is 80.2 cm³/mol. The molecular formula is C16H27N3. The number of rotatable bonds is 3. The standard InChI is InChI=1S/C16H27N3/c1-16(2,3)15-13-19(11-6-10-18-15)12-8-14-7-4-5-9-17-14/h4-5,7,9,15,18H,6,8,10-13H2,1-3H3. The summed E-state index contributed by atoms with van der Waals surface area (Å²) < 4.78 is 0. The van der Waals surface area contributed by atoms with Crippen LogP contribution in [-0.4, -0.2) is 42.1 Å². The van der Waals surface area contributed by atoms with Crippen molar-refractivity contribution in [2.24, 2.45) is 5.41 Å². The number of hydrogen-bond acceptors (Lipinski definition) is 3. The highest BCUT2D eigenvalue weighted by molar-refractivity contribution is 5.03. The van der Waals surface area contributed by atoms with Crippen LogP contribution in [0.25, 0.3) is 0 Å². The van der Waals surface area contributed by atoms with Gasteiger partial charge in [0.1, 0.15) is 0 Å². The van der Waals surface area contributed by atoms with Gasteiger partial charge in [-0.15, -0.1) is 0 Å². The maximum atomic E-state index is 4.41. The van der Waals surface area contributed by atoms with E-state index in [0.29, 0.717) is 11.5 Å². The molecule has 0 radical (unpaired) electrons. The van der Waals surface area contributed by atoms with Crippen molar-refractivity contribution in [3.05, 3.63) is 30.1 Å². The van der Waals surface area contributed by atoms with E-state index in [2.05, 4.69) is 48.1 Å². The van der Waals surface area contributed by atoms with Crippen molar-refractivity contribution < 1.29 is 0 Å². The Morgan fingerprint density at radius 2 is 2.21 bits per heavy atom. The van der Waals surface area contributed by atoms with Crippen LogP contribution in [0.15, 0.2) is 24.4 Å². The quantitative estimate of drug-likeness (QED) is 0.905. The zero-order valence-corrected chi connectivity index (χ0v) is 12.5. The van der Waals surface area contributed by atoms with E-state index in [-0.39, 0.29) is 0 Å². The van der Waals surface area contributed by atoms with Crippen LogP contribution in [0.4, 0.5) is 0 Å². The molecule has 2 rings (SSSR count). The topological polar surface area (TPSA) is 28.2 Å². The van der Waals surface area contributed by atoms with E-state index in [4.69, 9.17) is 0 Å². The Hall–Kier alpha value is -0.930. The Bertz CT molecular complexity index is 369. The molecule has 3 heteroatoms. The SMILES string of the molecule is CC(C)(C)C1CN(CCc2ccccn2)CCCN1. The summed E-state index contributed by atoms with van der Waals surface area (Å²) in [4.78, 5) is 7.00. The van der Waals surface area contributed by atoms with E-state index in [1.165, 1.54) is 18.7 Å². The monoisotopic (exact) mass is 261 g/mol. The Morgan fingerprint density at radius 1 is 1.37 bits per heavy atom. The lowest BCUT2D eigenvalue weighted by atomic mass is 9.86. The van der Waals surface area contributed by atoms with Gasteiger partial charge in [-0.2, -0.15) is 0 Å². The molecule has 1 saturated heterocycles. The minimum atomic E-state index is 0.327. The largest absolute Gasteiger partial charge is 0.312 e. The highest BCUT2D eigenvalue weighted by atomic mass is 15.2. The van der Waals surface area contributed by atoms with Crippen molar-refractivity contribution in [2.45, 2.75) is 39.7 Å². The molecule has 1 atom stereocenters. The number of hydrogen-bond donors (Lipinski definition) is 1. The number of pyridine rings is 1. The third-order valence-corrected chi connectivity index (χ3v) is 3.94. The van der Waals surface area contributed by atoms with Crippen LogP contribution in [0.1, 0.15) is 32.9 Å². The molecule has 0 aromatic carbocycles. The van der Waals surface area contributed by atoms with Crippen LogP contribution in [0.3, 0.4) is 0 Å². The van der Waals surface area contributed by atoms with Gasteiger partial charge >= 0.3 is 0 Å². The highest BCUT2D eigenvalue weighted by Crippen LogP contribution is 2.21. The molecule has 0 bridgehead atoms. The molecule has 2 heterocycles. The second-order valence-electron chi connectivity index (χ2n) is 6.60. The van der Waals surface area contributed by atoms with Gasteiger partial charge in [0.25, 0.3) is 0 Å². The molecule has 1 fully saturated rings. The lowest BCUT2D eigenvalue weighted by Gasteiger charge is -2.33. The van der Waals surface area contributed by atoms with Crippen molar-refractivity contribution in [1.82, 2.24) is 15.2 Å². The molecule has 1 aliphatic heterocycles. The van der Waals surface area contributed by atoms with E-state index >= 15 is 0 Å². The molecule has 1 aromatic rings. The van der Waals surface area contributed by atoms with Crippen LogP contribution >= 0.6 is 0 Å². The van der Waals surface area contributed by atoms with E-state index in [9.17, 15) is 0 Å². The fraction of sp³-hybridized carbons (Fsp3) is 0.688. The van der Waals surface area contributed by atoms with E-state index in [1.54, 1.807) is 0 Å². The minimum absolute atomic E-state index is 0.327. The first-order chi connectivity index (χ1) is 9.05. The molecule has 0 saturated carbocycles. The Morgan fingerprint density at radius 3 is 2.89 bits per heavy atom. The van der Waals surface area contributed by atoms with Gasteiger partial charge in [0.05, 0.1) is 0 Å². The molecule has 1 unspecified atom stereocenters.